The van der Waals surface area contributed by atoms with Crippen molar-refractivity contribution in [3.8, 4) is 0 Å². The molecular formula is C17H34O5. The third-order valence-electron chi connectivity index (χ3n) is 3.09. The van der Waals surface area contributed by atoms with E-state index in [0.29, 0.717) is 13.2 Å². The molecular weight excluding hydrogens is 284 g/mol. The second kappa shape index (κ2) is 18.2. The Balaban J connectivity index is 3.13. The van der Waals surface area contributed by atoms with E-state index in [9.17, 15) is 4.79 Å². The Hall–Kier alpha value is -0.810. The van der Waals surface area contributed by atoms with Gasteiger partial charge < -0.3 is 18.9 Å². The molecule has 0 aliphatic rings. The largest absolute Gasteiger partial charge is 0.508 e. The van der Waals surface area contributed by atoms with Gasteiger partial charge in [-0.2, -0.15) is 0 Å². The van der Waals surface area contributed by atoms with Crippen LogP contribution in [0.1, 0.15) is 65.2 Å². The lowest BCUT2D eigenvalue weighted by Gasteiger charge is -2.07. The second-order valence-corrected chi connectivity index (χ2v) is 5.29. The lowest BCUT2D eigenvalue weighted by atomic mass is 10.3. The average molecular weight is 318 g/mol. The topological polar surface area (TPSA) is 54.0 Å². The van der Waals surface area contributed by atoms with Crippen molar-refractivity contribution >= 4 is 6.16 Å². The molecule has 0 aliphatic heterocycles. The van der Waals surface area contributed by atoms with Crippen LogP contribution in [0.3, 0.4) is 0 Å². The van der Waals surface area contributed by atoms with Crippen LogP contribution in [0.5, 0.6) is 0 Å². The molecule has 0 aromatic rings. The molecule has 132 valence electrons. The number of carbonyl (C=O) groups is 1. The molecule has 5 heteroatoms. The molecule has 5 nitrogen and oxygen atoms in total. The molecule has 22 heavy (non-hydrogen) atoms. The minimum Gasteiger partial charge on any atom is -0.434 e. The fourth-order valence-corrected chi connectivity index (χ4v) is 1.66. The molecule has 0 rings (SSSR count). The number of hydrogen-bond acceptors (Lipinski definition) is 5. The first kappa shape index (κ1) is 21.2. The molecule has 0 heterocycles. The highest BCUT2D eigenvalue weighted by molar-refractivity contribution is 5.59. The van der Waals surface area contributed by atoms with Gasteiger partial charge in [-0.25, -0.2) is 4.79 Å². The summed E-state index contributed by atoms with van der Waals surface area (Å²) >= 11 is 0. The molecule has 0 N–H and O–H groups in total. The zero-order valence-corrected chi connectivity index (χ0v) is 14.4. The van der Waals surface area contributed by atoms with Gasteiger partial charge >= 0.3 is 6.16 Å². The number of carbonyl (C=O) groups excluding carboxylic acids is 1. The lowest BCUT2D eigenvalue weighted by molar-refractivity contribution is 0.0476. The summed E-state index contributed by atoms with van der Waals surface area (Å²) in [5.41, 5.74) is 0. The van der Waals surface area contributed by atoms with Crippen molar-refractivity contribution in [3.05, 3.63) is 0 Å². The normalized spacial score (nSPS) is 10.6. The molecule has 0 atom stereocenters. The maximum atomic E-state index is 11.3. The van der Waals surface area contributed by atoms with Crippen LogP contribution in [0.25, 0.3) is 0 Å². The predicted octanol–water partition coefficient (Wildman–Crippen LogP) is 4.33. The predicted molar refractivity (Wildman–Crippen MR) is 87.2 cm³/mol. The fourth-order valence-electron chi connectivity index (χ4n) is 1.66. The first-order valence-electron chi connectivity index (χ1n) is 8.76. The van der Waals surface area contributed by atoms with Crippen molar-refractivity contribution in [3.63, 3.8) is 0 Å². The van der Waals surface area contributed by atoms with Gasteiger partial charge in [0.15, 0.2) is 0 Å². The van der Waals surface area contributed by atoms with E-state index in [1.54, 1.807) is 0 Å². The Morgan fingerprint density at radius 2 is 0.955 bits per heavy atom. The summed E-state index contributed by atoms with van der Waals surface area (Å²) < 4.78 is 20.8. The highest BCUT2D eigenvalue weighted by Gasteiger charge is 2.03. The first-order valence-corrected chi connectivity index (χ1v) is 8.76. The van der Waals surface area contributed by atoms with Crippen LogP contribution in [0.4, 0.5) is 4.79 Å². The van der Waals surface area contributed by atoms with Crippen molar-refractivity contribution in [2.45, 2.75) is 65.2 Å². The third-order valence-corrected chi connectivity index (χ3v) is 3.09. The van der Waals surface area contributed by atoms with E-state index < -0.39 is 6.16 Å². The minimum absolute atomic E-state index is 0.399. The summed E-state index contributed by atoms with van der Waals surface area (Å²) in [5, 5.41) is 0. The van der Waals surface area contributed by atoms with Gasteiger partial charge in [-0.1, -0.05) is 26.7 Å². The molecule has 0 aliphatic carbocycles. The maximum absolute atomic E-state index is 11.3. The van der Waals surface area contributed by atoms with Gasteiger partial charge in [0.1, 0.15) is 0 Å². The van der Waals surface area contributed by atoms with Crippen molar-refractivity contribution < 1.29 is 23.7 Å². The van der Waals surface area contributed by atoms with Crippen molar-refractivity contribution in [2.24, 2.45) is 0 Å². The van der Waals surface area contributed by atoms with Gasteiger partial charge in [-0.15, -0.1) is 0 Å². The van der Waals surface area contributed by atoms with Gasteiger partial charge in [0.25, 0.3) is 0 Å². The van der Waals surface area contributed by atoms with Gasteiger partial charge in [-0.05, 0) is 38.5 Å². The number of ether oxygens (including phenoxy) is 4. The molecule has 0 spiro atoms. The van der Waals surface area contributed by atoms with Crippen LogP contribution in [-0.2, 0) is 18.9 Å². The number of unbranched alkanes of at least 4 members (excludes halogenated alkanes) is 4. The van der Waals surface area contributed by atoms with E-state index in [1.165, 1.54) is 0 Å². The molecule has 0 amide bonds. The van der Waals surface area contributed by atoms with Crippen molar-refractivity contribution in [1.82, 2.24) is 0 Å². The zero-order chi connectivity index (χ0) is 16.3. The molecule has 0 aromatic heterocycles. The molecule has 0 fully saturated rings. The third kappa shape index (κ3) is 17.2. The van der Waals surface area contributed by atoms with E-state index >= 15 is 0 Å². The van der Waals surface area contributed by atoms with Gasteiger partial charge in [0, 0.05) is 26.4 Å². The Labute approximate surface area is 135 Å². The van der Waals surface area contributed by atoms with Crippen LogP contribution >= 0.6 is 0 Å². The Bertz CT molecular complexity index is 211. The van der Waals surface area contributed by atoms with Crippen molar-refractivity contribution in [2.75, 3.05) is 39.6 Å². The SMILES string of the molecule is CCCCOCCCCOC(=O)OCCCCOCCCC. The summed E-state index contributed by atoms with van der Waals surface area (Å²) in [4.78, 5) is 11.3. The van der Waals surface area contributed by atoms with Crippen LogP contribution in [0.2, 0.25) is 0 Å². The number of hydrogen-bond donors (Lipinski definition) is 0. The van der Waals surface area contributed by atoms with Crippen LogP contribution in [0.15, 0.2) is 0 Å². The molecule has 0 saturated carbocycles. The fraction of sp³-hybridized carbons (Fsp3) is 0.941. The summed E-state index contributed by atoms with van der Waals surface area (Å²) in [6, 6.07) is 0. The van der Waals surface area contributed by atoms with Gasteiger partial charge in [0.05, 0.1) is 13.2 Å². The quantitative estimate of drug-likeness (QED) is 0.313. The van der Waals surface area contributed by atoms with Gasteiger partial charge in [-0.3, -0.25) is 0 Å². The summed E-state index contributed by atoms with van der Waals surface area (Å²) in [6.45, 7) is 8.19. The molecule has 0 aromatic carbocycles. The van der Waals surface area contributed by atoms with Crippen LogP contribution in [0, 0.1) is 0 Å². The smallest absolute Gasteiger partial charge is 0.434 e. The zero-order valence-electron chi connectivity index (χ0n) is 14.4. The van der Waals surface area contributed by atoms with E-state index in [1.807, 2.05) is 0 Å². The standard InChI is InChI=1S/C17H34O5/c1-3-5-11-19-13-7-9-15-21-17(18)22-16-10-8-14-20-12-6-4-2/h3-16H2,1-2H3. The lowest BCUT2D eigenvalue weighted by Crippen LogP contribution is -2.10. The monoisotopic (exact) mass is 318 g/mol. The minimum atomic E-state index is -0.571. The second-order valence-electron chi connectivity index (χ2n) is 5.29. The van der Waals surface area contributed by atoms with E-state index in [4.69, 9.17) is 18.9 Å². The summed E-state index contributed by atoms with van der Waals surface area (Å²) in [5.74, 6) is 0. The Kier molecular flexibility index (Phi) is 17.6. The van der Waals surface area contributed by atoms with E-state index in [0.717, 1.165) is 77.8 Å². The maximum Gasteiger partial charge on any atom is 0.508 e. The Morgan fingerprint density at radius 1 is 0.591 bits per heavy atom. The molecule has 0 bridgehead atoms. The van der Waals surface area contributed by atoms with E-state index in [-0.39, 0.29) is 0 Å². The molecule has 0 saturated heterocycles. The highest BCUT2D eigenvalue weighted by atomic mass is 16.7. The van der Waals surface area contributed by atoms with Crippen molar-refractivity contribution in [1.29, 1.82) is 0 Å². The van der Waals surface area contributed by atoms with E-state index in [2.05, 4.69) is 13.8 Å². The summed E-state index contributed by atoms with van der Waals surface area (Å²) in [7, 11) is 0. The number of rotatable bonds is 16. The summed E-state index contributed by atoms with van der Waals surface area (Å²) in [6.07, 6.45) is 7.38. The average Bonchev–Trinajstić information content (AvgIpc) is 2.52. The van der Waals surface area contributed by atoms with Crippen LogP contribution in [-0.4, -0.2) is 45.8 Å². The molecule has 0 radical (unpaired) electrons. The van der Waals surface area contributed by atoms with Crippen LogP contribution < -0.4 is 0 Å². The van der Waals surface area contributed by atoms with Gasteiger partial charge in [0.2, 0.25) is 0 Å². The highest BCUT2D eigenvalue weighted by Crippen LogP contribution is 1.98. The first-order chi connectivity index (χ1) is 10.8. The molecule has 0 unspecified atom stereocenters. The Morgan fingerprint density at radius 3 is 1.36 bits per heavy atom.